The highest BCUT2D eigenvalue weighted by Crippen LogP contribution is 2.47. The second-order valence-electron chi connectivity index (χ2n) is 13.4. The van der Waals surface area contributed by atoms with Crippen molar-refractivity contribution in [2.75, 3.05) is 43.2 Å². The Bertz CT molecular complexity index is 1600. The number of rotatable bonds is 3. The quantitative estimate of drug-likeness (QED) is 0.350. The van der Waals surface area contributed by atoms with Crippen molar-refractivity contribution >= 4 is 38.7 Å². The average Bonchev–Trinajstić information content (AvgIpc) is 3.10. The molecule has 9 heteroatoms. The summed E-state index contributed by atoms with van der Waals surface area (Å²) in [6.45, 7) is 5.49. The number of nitrogens with zero attached hydrogens (tertiary/aromatic N) is 2. The third-order valence-electron chi connectivity index (χ3n) is 10.00. The lowest BCUT2D eigenvalue weighted by molar-refractivity contribution is -0.114. The number of Topliss-reactive ketones (excluding diaryl/α,β-unsaturated/α-hetero) is 1. The van der Waals surface area contributed by atoms with Crippen molar-refractivity contribution in [3.05, 3.63) is 70.3 Å². The second-order valence-corrected chi connectivity index (χ2v) is 16.2. The maximum absolute atomic E-state index is 14.0. The van der Waals surface area contributed by atoms with E-state index in [0.717, 1.165) is 61.7 Å². The molecule has 2 aliphatic carbocycles. The fraction of sp³-hybridized carbons (Fsp3) is 0.543. The Balaban J connectivity index is 1.46. The van der Waals surface area contributed by atoms with Crippen molar-refractivity contribution in [3.63, 3.8) is 0 Å². The molecule has 6 rings (SSSR count). The van der Waals surface area contributed by atoms with E-state index >= 15 is 0 Å². The number of carbonyl (C=O) groups excluding carboxylic acids is 2. The molecule has 1 fully saturated rings. The molecule has 2 aliphatic heterocycles. The first-order valence-electron chi connectivity index (χ1n) is 15.8. The molecule has 7 nitrogen and oxygen atoms in total. The van der Waals surface area contributed by atoms with Gasteiger partial charge in [0.25, 0.3) is 5.91 Å². The molecule has 1 spiro atoms. The van der Waals surface area contributed by atoms with E-state index in [9.17, 15) is 13.8 Å². The van der Waals surface area contributed by atoms with Crippen LogP contribution in [-0.2, 0) is 31.1 Å². The van der Waals surface area contributed by atoms with Gasteiger partial charge >= 0.3 is 0 Å². The molecule has 0 saturated heterocycles. The standard InChI is InChI=1S/C35H43ClN2O5S/c1-23-6-4-8-32(42-3)29-12-9-27(29)18-38-21-35(15-5-7-25-16-28(36)11-13-30(25)35)22-43-33-14-10-26(17-31(33)38)34(40)37-44(41,19-23)20-24(2)39/h4,8,10-11,13-14,16-17,23,27,29,32H,5-7,9,12,15,18-22H2,1-3H3/b8-4+/t23-,27-,29+,32-,35-,44+/m0/s1. The monoisotopic (exact) mass is 638 g/mol. The Hall–Kier alpha value is -2.68. The minimum Gasteiger partial charge on any atom is -0.490 e. The summed E-state index contributed by atoms with van der Waals surface area (Å²) in [4.78, 5) is 28.2. The van der Waals surface area contributed by atoms with Crippen LogP contribution in [0, 0.1) is 17.8 Å². The van der Waals surface area contributed by atoms with E-state index in [2.05, 4.69) is 33.5 Å². The molecule has 1 amide bonds. The van der Waals surface area contributed by atoms with Gasteiger partial charge in [-0.15, -0.1) is 0 Å². The van der Waals surface area contributed by atoms with Gasteiger partial charge in [0.15, 0.2) is 0 Å². The lowest BCUT2D eigenvalue weighted by Crippen LogP contribution is -2.49. The lowest BCUT2D eigenvalue weighted by Gasteiger charge is -2.46. The van der Waals surface area contributed by atoms with Crippen molar-refractivity contribution in [2.24, 2.45) is 22.1 Å². The summed E-state index contributed by atoms with van der Waals surface area (Å²) in [6, 6.07) is 11.7. The van der Waals surface area contributed by atoms with E-state index in [0.29, 0.717) is 30.4 Å². The van der Waals surface area contributed by atoms with Crippen LogP contribution in [0.1, 0.15) is 67.4 Å². The summed E-state index contributed by atoms with van der Waals surface area (Å²) < 4.78 is 30.8. The van der Waals surface area contributed by atoms with Crippen molar-refractivity contribution in [2.45, 2.75) is 63.9 Å². The van der Waals surface area contributed by atoms with Gasteiger partial charge < -0.3 is 14.4 Å². The highest BCUT2D eigenvalue weighted by atomic mass is 35.5. The van der Waals surface area contributed by atoms with Gasteiger partial charge in [-0.2, -0.15) is 4.36 Å². The molecule has 2 aromatic rings. The molecule has 4 aliphatic rings. The molecule has 2 bridgehead atoms. The number of aryl methyl sites for hydroxylation is 1. The fourth-order valence-electron chi connectivity index (χ4n) is 7.79. The van der Waals surface area contributed by atoms with Crippen LogP contribution in [0.3, 0.4) is 0 Å². The number of methoxy groups -OCH3 is 1. The van der Waals surface area contributed by atoms with Crippen LogP contribution in [0.2, 0.25) is 5.02 Å². The van der Waals surface area contributed by atoms with Crippen LogP contribution >= 0.6 is 11.6 Å². The van der Waals surface area contributed by atoms with Gasteiger partial charge in [-0.05, 0) is 105 Å². The first-order chi connectivity index (χ1) is 21.1. The normalized spacial score (nSPS) is 32.7. The maximum Gasteiger partial charge on any atom is 0.285 e. The van der Waals surface area contributed by atoms with Crippen LogP contribution in [0.25, 0.3) is 0 Å². The van der Waals surface area contributed by atoms with E-state index in [1.165, 1.54) is 18.1 Å². The molecule has 0 aromatic heterocycles. The predicted octanol–water partition coefficient (Wildman–Crippen LogP) is 6.65. The Kier molecular flexibility index (Phi) is 8.97. The number of hydrogen-bond donors (Lipinski definition) is 0. The zero-order chi connectivity index (χ0) is 31.1. The van der Waals surface area contributed by atoms with Crippen LogP contribution in [0.5, 0.6) is 5.75 Å². The Morgan fingerprint density at radius 3 is 2.82 bits per heavy atom. The van der Waals surface area contributed by atoms with Crippen LogP contribution in [0.4, 0.5) is 5.69 Å². The summed E-state index contributed by atoms with van der Waals surface area (Å²) >= 11 is 6.42. The number of fused-ring (bicyclic) bond motifs is 4. The average molecular weight is 639 g/mol. The highest BCUT2D eigenvalue weighted by molar-refractivity contribution is 7.94. The van der Waals surface area contributed by atoms with Gasteiger partial charge in [0.05, 0.1) is 33.9 Å². The largest absolute Gasteiger partial charge is 0.490 e. The van der Waals surface area contributed by atoms with E-state index in [1.54, 1.807) is 13.2 Å². The number of halogens is 1. The van der Waals surface area contributed by atoms with E-state index < -0.39 is 15.6 Å². The molecule has 0 radical (unpaired) electrons. The maximum atomic E-state index is 14.0. The second kappa shape index (κ2) is 12.6. The summed E-state index contributed by atoms with van der Waals surface area (Å²) in [5.74, 6) is 0.677. The molecular weight excluding hydrogens is 596 g/mol. The topological polar surface area (TPSA) is 85.3 Å². The van der Waals surface area contributed by atoms with Crippen molar-refractivity contribution in [1.82, 2.24) is 0 Å². The van der Waals surface area contributed by atoms with Crippen molar-refractivity contribution < 1.29 is 23.3 Å². The number of allylic oxidation sites excluding steroid dienone is 1. The smallest absolute Gasteiger partial charge is 0.285 e. The number of ether oxygens (including phenoxy) is 2. The molecular formula is C35H43ClN2O5S. The van der Waals surface area contributed by atoms with Gasteiger partial charge in [0, 0.05) is 42.0 Å². The first kappa shape index (κ1) is 31.3. The zero-order valence-corrected chi connectivity index (χ0v) is 27.5. The van der Waals surface area contributed by atoms with Crippen LogP contribution in [0.15, 0.2) is 52.9 Å². The molecule has 6 atom stereocenters. The van der Waals surface area contributed by atoms with E-state index in [-0.39, 0.29) is 34.7 Å². The highest BCUT2D eigenvalue weighted by Gasteiger charge is 2.44. The molecule has 44 heavy (non-hydrogen) atoms. The third kappa shape index (κ3) is 6.35. The number of benzene rings is 2. The van der Waals surface area contributed by atoms with Crippen molar-refractivity contribution in [3.8, 4) is 5.75 Å². The molecule has 0 N–H and O–H groups in total. The Labute approximate surface area is 266 Å². The SMILES string of the molecule is CO[C@H]1/C=C/C[C@H](C)C[S@@](=O)(CC(C)=O)=NC(=O)c2ccc3c(c2)N(C[C@@H]2CC[C@H]21)C[C@@]1(CCCc2cc(Cl)ccc21)CO3. The molecule has 0 unspecified atom stereocenters. The van der Waals surface area contributed by atoms with Crippen molar-refractivity contribution in [1.29, 1.82) is 0 Å². The van der Waals surface area contributed by atoms with Gasteiger partial charge in [-0.3, -0.25) is 9.59 Å². The van der Waals surface area contributed by atoms with Crippen LogP contribution in [-0.4, -0.2) is 60.3 Å². The lowest BCUT2D eigenvalue weighted by atomic mass is 9.68. The number of anilines is 1. The minimum atomic E-state index is -3.09. The number of hydrogen-bond acceptors (Lipinski definition) is 6. The molecule has 236 valence electrons. The summed E-state index contributed by atoms with van der Waals surface area (Å²) in [6.07, 6.45) is 10.2. The molecule has 2 heterocycles. The molecule has 2 aromatic carbocycles. The van der Waals surface area contributed by atoms with Gasteiger partial charge in [0.1, 0.15) is 11.5 Å². The number of amides is 1. The number of ketones is 1. The Morgan fingerprint density at radius 2 is 2.07 bits per heavy atom. The summed E-state index contributed by atoms with van der Waals surface area (Å²) in [7, 11) is -1.31. The first-order valence-corrected chi connectivity index (χ1v) is 18.1. The molecule has 1 saturated carbocycles. The predicted molar refractivity (Wildman–Crippen MR) is 175 cm³/mol. The van der Waals surface area contributed by atoms with E-state index in [4.69, 9.17) is 21.1 Å². The Morgan fingerprint density at radius 1 is 1.23 bits per heavy atom. The number of carbonyl (C=O) groups is 2. The third-order valence-corrected chi connectivity index (χ3v) is 12.7. The summed E-state index contributed by atoms with van der Waals surface area (Å²) in [5.41, 5.74) is 3.57. The van der Waals surface area contributed by atoms with Crippen LogP contribution < -0.4 is 9.64 Å². The zero-order valence-electron chi connectivity index (χ0n) is 25.9. The minimum absolute atomic E-state index is 0.0118. The fourth-order valence-corrected chi connectivity index (χ4v) is 10.3. The van der Waals surface area contributed by atoms with Gasteiger partial charge in [-0.25, -0.2) is 4.21 Å². The summed E-state index contributed by atoms with van der Waals surface area (Å²) in [5, 5.41) is 0.752. The van der Waals surface area contributed by atoms with Gasteiger partial charge in [-0.1, -0.05) is 36.7 Å². The van der Waals surface area contributed by atoms with Gasteiger partial charge in [0.2, 0.25) is 0 Å². The van der Waals surface area contributed by atoms with E-state index in [1.807, 2.05) is 25.1 Å².